The van der Waals surface area contributed by atoms with Gasteiger partial charge in [0.15, 0.2) is 0 Å². The van der Waals surface area contributed by atoms with Gasteiger partial charge >= 0.3 is 0 Å². The van der Waals surface area contributed by atoms with Gasteiger partial charge in [0.25, 0.3) is 5.56 Å². The summed E-state index contributed by atoms with van der Waals surface area (Å²) in [6.07, 6.45) is 0. The molecule has 0 fully saturated rings. The van der Waals surface area contributed by atoms with E-state index in [1.54, 1.807) is 18.2 Å². The molecular formula is C12H7Cl2N3O. The van der Waals surface area contributed by atoms with Crippen molar-refractivity contribution < 1.29 is 0 Å². The third kappa shape index (κ3) is 2.23. The van der Waals surface area contributed by atoms with Crippen LogP contribution in [0.1, 0.15) is 5.56 Å². The van der Waals surface area contributed by atoms with Gasteiger partial charge in [-0.3, -0.25) is 4.79 Å². The highest BCUT2D eigenvalue weighted by atomic mass is 35.5. The number of nitriles is 1. The molecule has 0 radical (unpaired) electrons. The molecule has 0 unspecified atom stereocenters. The van der Waals surface area contributed by atoms with Crippen LogP contribution in [0.25, 0.3) is 11.3 Å². The molecule has 0 bridgehead atoms. The average molecular weight is 280 g/mol. The summed E-state index contributed by atoms with van der Waals surface area (Å²) < 4.78 is 1.11. The van der Waals surface area contributed by atoms with Crippen molar-refractivity contribution in [2.24, 2.45) is 7.05 Å². The number of nitrogens with zero attached hydrogens (tertiary/aromatic N) is 3. The Morgan fingerprint density at radius 3 is 2.67 bits per heavy atom. The van der Waals surface area contributed by atoms with Crippen molar-refractivity contribution in [3.05, 3.63) is 50.2 Å². The van der Waals surface area contributed by atoms with Crippen LogP contribution in [-0.2, 0) is 7.05 Å². The van der Waals surface area contributed by atoms with Gasteiger partial charge in [0.1, 0.15) is 11.6 Å². The zero-order chi connectivity index (χ0) is 13.3. The first-order chi connectivity index (χ1) is 8.52. The SMILES string of the molecule is Cn1nc(-c2ccc(Cl)cc2Cl)cc(C#N)c1=O. The molecule has 1 aromatic heterocycles. The van der Waals surface area contributed by atoms with Crippen molar-refractivity contribution in [1.82, 2.24) is 9.78 Å². The third-order valence-electron chi connectivity index (χ3n) is 2.39. The molecule has 90 valence electrons. The van der Waals surface area contributed by atoms with Crippen LogP contribution in [-0.4, -0.2) is 9.78 Å². The molecule has 2 aromatic rings. The Labute approximate surface area is 113 Å². The monoisotopic (exact) mass is 279 g/mol. The molecule has 0 amide bonds. The smallest absolute Gasteiger partial charge is 0.266 e. The Hall–Kier alpha value is -1.83. The lowest BCUT2D eigenvalue weighted by atomic mass is 10.1. The van der Waals surface area contributed by atoms with Crippen LogP contribution in [0, 0.1) is 11.3 Å². The Bertz CT molecular complexity index is 716. The zero-order valence-electron chi connectivity index (χ0n) is 9.32. The zero-order valence-corrected chi connectivity index (χ0v) is 10.8. The van der Waals surface area contributed by atoms with E-state index in [-0.39, 0.29) is 5.56 Å². The number of hydrogen-bond acceptors (Lipinski definition) is 3. The first-order valence-electron chi connectivity index (χ1n) is 4.97. The molecule has 0 saturated heterocycles. The molecule has 0 aliphatic rings. The first kappa shape index (κ1) is 12.6. The summed E-state index contributed by atoms with van der Waals surface area (Å²) in [5.74, 6) is 0. The van der Waals surface area contributed by atoms with Crippen LogP contribution in [0.3, 0.4) is 0 Å². The topological polar surface area (TPSA) is 58.7 Å². The molecule has 0 aliphatic carbocycles. The fraction of sp³-hybridized carbons (Fsp3) is 0.0833. The summed E-state index contributed by atoms with van der Waals surface area (Å²) >= 11 is 11.9. The predicted molar refractivity (Wildman–Crippen MR) is 69.6 cm³/mol. The van der Waals surface area contributed by atoms with Crippen molar-refractivity contribution in [3.63, 3.8) is 0 Å². The van der Waals surface area contributed by atoms with Gasteiger partial charge in [-0.05, 0) is 24.3 Å². The van der Waals surface area contributed by atoms with E-state index in [1.807, 2.05) is 6.07 Å². The molecule has 1 heterocycles. The minimum Gasteiger partial charge on any atom is -0.266 e. The van der Waals surface area contributed by atoms with Crippen LogP contribution < -0.4 is 5.56 Å². The lowest BCUT2D eigenvalue weighted by molar-refractivity contribution is 0.709. The molecule has 0 aliphatic heterocycles. The van der Waals surface area contributed by atoms with Gasteiger partial charge in [-0.2, -0.15) is 10.4 Å². The molecule has 1 aromatic carbocycles. The lowest BCUT2D eigenvalue weighted by Gasteiger charge is -2.06. The minimum atomic E-state index is -0.439. The Morgan fingerprint density at radius 1 is 1.33 bits per heavy atom. The maximum absolute atomic E-state index is 11.5. The van der Waals surface area contributed by atoms with Gasteiger partial charge in [0, 0.05) is 17.6 Å². The van der Waals surface area contributed by atoms with Crippen LogP contribution in [0.5, 0.6) is 0 Å². The van der Waals surface area contributed by atoms with Gasteiger partial charge in [0.2, 0.25) is 0 Å². The Morgan fingerprint density at radius 2 is 2.06 bits per heavy atom. The maximum atomic E-state index is 11.5. The fourth-order valence-corrected chi connectivity index (χ4v) is 2.02. The largest absolute Gasteiger partial charge is 0.284 e. The minimum absolute atomic E-state index is 0.0218. The van der Waals surface area contributed by atoms with Gasteiger partial charge in [-0.15, -0.1) is 0 Å². The average Bonchev–Trinajstić information content (AvgIpc) is 2.32. The van der Waals surface area contributed by atoms with E-state index in [2.05, 4.69) is 5.10 Å². The highest BCUT2D eigenvalue weighted by molar-refractivity contribution is 6.36. The van der Waals surface area contributed by atoms with E-state index in [1.165, 1.54) is 13.1 Å². The summed E-state index contributed by atoms with van der Waals surface area (Å²) in [5.41, 5.74) is 0.656. The van der Waals surface area contributed by atoms with E-state index in [4.69, 9.17) is 28.5 Å². The predicted octanol–water partition coefficient (Wildman–Crippen LogP) is 2.63. The van der Waals surface area contributed by atoms with Crippen LogP contribution in [0.4, 0.5) is 0 Å². The second kappa shape index (κ2) is 4.81. The molecule has 0 N–H and O–H groups in total. The molecule has 0 atom stereocenters. The molecule has 18 heavy (non-hydrogen) atoms. The summed E-state index contributed by atoms with van der Waals surface area (Å²) in [4.78, 5) is 11.5. The number of aromatic nitrogens is 2. The summed E-state index contributed by atoms with van der Waals surface area (Å²) in [5, 5.41) is 13.9. The molecule has 6 heteroatoms. The summed E-state index contributed by atoms with van der Waals surface area (Å²) in [6.45, 7) is 0. The lowest BCUT2D eigenvalue weighted by Crippen LogP contribution is -2.22. The van der Waals surface area contributed by atoms with Gasteiger partial charge < -0.3 is 0 Å². The van der Waals surface area contributed by atoms with Gasteiger partial charge in [-0.25, -0.2) is 4.68 Å². The number of aryl methyl sites for hydroxylation is 1. The van der Waals surface area contributed by atoms with Crippen LogP contribution >= 0.6 is 23.2 Å². The first-order valence-corrected chi connectivity index (χ1v) is 5.72. The van der Waals surface area contributed by atoms with Crippen molar-refractivity contribution in [2.75, 3.05) is 0 Å². The summed E-state index contributed by atoms with van der Waals surface area (Å²) in [6, 6.07) is 8.19. The molecule has 4 nitrogen and oxygen atoms in total. The van der Waals surface area contributed by atoms with Gasteiger partial charge in [-0.1, -0.05) is 23.2 Å². The van der Waals surface area contributed by atoms with Gasteiger partial charge in [0.05, 0.1) is 10.7 Å². The number of benzene rings is 1. The second-order valence-electron chi connectivity index (χ2n) is 3.61. The van der Waals surface area contributed by atoms with E-state index in [0.717, 1.165) is 4.68 Å². The van der Waals surface area contributed by atoms with Crippen molar-refractivity contribution in [2.45, 2.75) is 0 Å². The standard InChI is InChI=1S/C12H7Cl2N3O/c1-17-12(18)7(6-15)4-11(16-17)9-3-2-8(13)5-10(9)14/h2-5H,1H3. The van der Waals surface area contributed by atoms with Crippen molar-refractivity contribution in [1.29, 1.82) is 5.26 Å². The normalized spacial score (nSPS) is 10.1. The van der Waals surface area contributed by atoms with E-state index in [9.17, 15) is 4.79 Å². The summed E-state index contributed by atoms with van der Waals surface area (Å²) in [7, 11) is 1.48. The van der Waals surface area contributed by atoms with E-state index >= 15 is 0 Å². The quantitative estimate of drug-likeness (QED) is 0.806. The number of rotatable bonds is 1. The van der Waals surface area contributed by atoms with E-state index < -0.39 is 5.56 Å². The molecule has 2 rings (SSSR count). The van der Waals surface area contributed by atoms with Crippen LogP contribution in [0.15, 0.2) is 29.1 Å². The fourth-order valence-electron chi connectivity index (χ4n) is 1.52. The van der Waals surface area contributed by atoms with Crippen LogP contribution in [0.2, 0.25) is 10.0 Å². The molecule has 0 saturated carbocycles. The van der Waals surface area contributed by atoms with E-state index in [0.29, 0.717) is 21.3 Å². The third-order valence-corrected chi connectivity index (χ3v) is 2.94. The highest BCUT2D eigenvalue weighted by Crippen LogP contribution is 2.28. The highest BCUT2D eigenvalue weighted by Gasteiger charge is 2.10. The number of halogens is 2. The van der Waals surface area contributed by atoms with Crippen molar-refractivity contribution in [3.8, 4) is 17.3 Å². The molecule has 0 spiro atoms. The Kier molecular flexibility index (Phi) is 3.37. The van der Waals surface area contributed by atoms with Crippen molar-refractivity contribution >= 4 is 23.2 Å². The number of hydrogen-bond donors (Lipinski definition) is 0. The second-order valence-corrected chi connectivity index (χ2v) is 4.45. The molecular weight excluding hydrogens is 273 g/mol. The maximum Gasteiger partial charge on any atom is 0.284 e. The Balaban J connectivity index is 2.69.